The van der Waals surface area contributed by atoms with Crippen molar-refractivity contribution in [2.45, 2.75) is 25.8 Å². The lowest BCUT2D eigenvalue weighted by molar-refractivity contribution is -0.138. The summed E-state index contributed by atoms with van der Waals surface area (Å²) >= 11 is 0. The topological polar surface area (TPSA) is 114 Å². The van der Waals surface area contributed by atoms with Gasteiger partial charge in [-0.25, -0.2) is 4.98 Å². The molecular formula is C12H16N2O4. The van der Waals surface area contributed by atoms with Gasteiger partial charge in [0.25, 0.3) is 0 Å². The number of nitrogens with two attached hydrogens (primary N) is 1. The quantitative estimate of drug-likeness (QED) is 0.645. The van der Waals surface area contributed by atoms with E-state index < -0.39 is 12.0 Å². The van der Waals surface area contributed by atoms with Crippen molar-refractivity contribution in [3.05, 3.63) is 24.0 Å². The molecule has 1 rings (SSSR count). The third kappa shape index (κ3) is 3.81. The second-order valence-corrected chi connectivity index (χ2v) is 4.28. The molecule has 0 aromatic carbocycles. The van der Waals surface area contributed by atoms with Gasteiger partial charge in [-0.2, -0.15) is 0 Å². The summed E-state index contributed by atoms with van der Waals surface area (Å²) < 4.78 is 0. The summed E-state index contributed by atoms with van der Waals surface area (Å²) in [5.41, 5.74) is 5.39. The summed E-state index contributed by atoms with van der Waals surface area (Å²) in [6.45, 7) is 1.74. The maximum Gasteiger partial charge on any atom is 0.320 e. The predicted molar refractivity (Wildman–Crippen MR) is 64.2 cm³/mol. The summed E-state index contributed by atoms with van der Waals surface area (Å²) in [5, 5.41) is 18.1. The van der Waals surface area contributed by atoms with Crippen LogP contribution in [0.5, 0.6) is 5.75 Å². The van der Waals surface area contributed by atoms with Crippen LogP contribution in [0.4, 0.5) is 0 Å². The molecule has 6 heteroatoms. The molecule has 4 N–H and O–H groups in total. The van der Waals surface area contributed by atoms with Crippen LogP contribution in [0.1, 0.15) is 30.3 Å². The monoisotopic (exact) mass is 252 g/mol. The largest absolute Gasteiger partial charge is 0.506 e. The smallest absolute Gasteiger partial charge is 0.320 e. The van der Waals surface area contributed by atoms with Gasteiger partial charge in [-0.1, -0.05) is 6.92 Å². The number of hydrogen-bond acceptors (Lipinski definition) is 5. The van der Waals surface area contributed by atoms with E-state index in [2.05, 4.69) is 4.98 Å². The summed E-state index contributed by atoms with van der Waals surface area (Å²) in [6, 6.07) is 1.93. The molecular weight excluding hydrogens is 236 g/mol. The Bertz CT molecular complexity index is 447. The predicted octanol–water partition coefficient (Wildman–Crippen LogP) is 0.798. The number of aromatic nitrogens is 1. The van der Waals surface area contributed by atoms with Crippen molar-refractivity contribution >= 4 is 11.8 Å². The average Bonchev–Trinajstić information content (AvgIpc) is 2.28. The maximum atomic E-state index is 11.8. The molecule has 1 aromatic rings. The van der Waals surface area contributed by atoms with E-state index in [1.165, 1.54) is 18.3 Å². The summed E-state index contributed by atoms with van der Waals surface area (Å²) in [4.78, 5) is 26.2. The maximum absolute atomic E-state index is 11.8. The number of carbonyl (C=O) groups is 2. The standard InChI is InChI=1S/C12H16N2O4/c1-7(5-8(13)12(17)18)6-10(16)11-9(15)3-2-4-14-11/h2-4,7-8,15H,5-6,13H2,1H3,(H,17,18)/t7?,8-/m1/s1. The summed E-state index contributed by atoms with van der Waals surface area (Å²) in [6.07, 6.45) is 1.72. The minimum Gasteiger partial charge on any atom is -0.506 e. The van der Waals surface area contributed by atoms with Crippen LogP contribution < -0.4 is 5.73 Å². The number of nitrogens with zero attached hydrogens (tertiary/aromatic N) is 1. The van der Waals surface area contributed by atoms with Gasteiger partial charge in [0.05, 0.1) is 0 Å². The van der Waals surface area contributed by atoms with Crippen LogP contribution >= 0.6 is 0 Å². The van der Waals surface area contributed by atoms with E-state index in [0.717, 1.165) is 0 Å². The van der Waals surface area contributed by atoms with Crippen molar-refractivity contribution in [3.63, 3.8) is 0 Å². The van der Waals surface area contributed by atoms with Gasteiger partial charge >= 0.3 is 5.97 Å². The first-order valence-electron chi connectivity index (χ1n) is 5.57. The van der Waals surface area contributed by atoms with Crippen LogP contribution in [0.25, 0.3) is 0 Å². The molecule has 0 fully saturated rings. The molecule has 0 saturated carbocycles. The molecule has 6 nitrogen and oxygen atoms in total. The van der Waals surface area contributed by atoms with E-state index in [0.29, 0.717) is 0 Å². The number of rotatable bonds is 6. The molecule has 2 atom stereocenters. The van der Waals surface area contributed by atoms with E-state index in [1.54, 1.807) is 6.92 Å². The van der Waals surface area contributed by atoms with Gasteiger partial charge in [-0.3, -0.25) is 9.59 Å². The Morgan fingerprint density at radius 3 is 2.72 bits per heavy atom. The lowest BCUT2D eigenvalue weighted by Gasteiger charge is -2.13. The first kappa shape index (κ1) is 14.1. The highest BCUT2D eigenvalue weighted by Gasteiger charge is 2.20. The van der Waals surface area contributed by atoms with Gasteiger partial charge in [-0.15, -0.1) is 0 Å². The normalized spacial score (nSPS) is 13.9. The third-order valence-electron chi connectivity index (χ3n) is 2.56. The van der Waals surface area contributed by atoms with Gasteiger partial charge in [0.1, 0.15) is 17.5 Å². The molecule has 0 radical (unpaired) electrons. The van der Waals surface area contributed by atoms with Crippen LogP contribution in [0.15, 0.2) is 18.3 Å². The van der Waals surface area contributed by atoms with Crippen molar-refractivity contribution in [2.75, 3.05) is 0 Å². The first-order valence-corrected chi connectivity index (χ1v) is 5.57. The van der Waals surface area contributed by atoms with E-state index in [9.17, 15) is 14.7 Å². The number of carbonyl (C=O) groups excluding carboxylic acids is 1. The lowest BCUT2D eigenvalue weighted by atomic mass is 9.95. The molecule has 0 saturated heterocycles. The van der Waals surface area contributed by atoms with Crippen molar-refractivity contribution in [1.29, 1.82) is 0 Å². The molecule has 0 aliphatic carbocycles. The van der Waals surface area contributed by atoms with Gasteiger partial charge in [0, 0.05) is 12.6 Å². The Morgan fingerprint density at radius 2 is 2.17 bits per heavy atom. The minimum absolute atomic E-state index is 0.00764. The van der Waals surface area contributed by atoms with Crippen LogP contribution in [0, 0.1) is 5.92 Å². The first-order chi connectivity index (χ1) is 8.41. The molecule has 0 bridgehead atoms. The molecule has 0 spiro atoms. The van der Waals surface area contributed by atoms with Gasteiger partial charge < -0.3 is 15.9 Å². The van der Waals surface area contributed by atoms with Gasteiger partial charge in [-0.05, 0) is 24.5 Å². The highest BCUT2D eigenvalue weighted by atomic mass is 16.4. The Morgan fingerprint density at radius 1 is 1.50 bits per heavy atom. The van der Waals surface area contributed by atoms with Crippen LogP contribution in [0.2, 0.25) is 0 Å². The Hall–Kier alpha value is -1.95. The highest BCUT2D eigenvalue weighted by molar-refractivity contribution is 5.96. The summed E-state index contributed by atoms with van der Waals surface area (Å²) in [7, 11) is 0. The molecule has 0 aliphatic heterocycles. The fourth-order valence-electron chi connectivity index (χ4n) is 1.64. The summed E-state index contributed by atoms with van der Waals surface area (Å²) in [5.74, 6) is -1.77. The van der Waals surface area contributed by atoms with Crippen molar-refractivity contribution < 1.29 is 19.8 Å². The number of aromatic hydroxyl groups is 1. The number of hydrogen-bond donors (Lipinski definition) is 3. The Labute approximate surface area is 104 Å². The van der Waals surface area contributed by atoms with Crippen molar-refractivity contribution in [2.24, 2.45) is 11.7 Å². The minimum atomic E-state index is -1.09. The van der Waals surface area contributed by atoms with Crippen molar-refractivity contribution in [3.8, 4) is 5.75 Å². The average molecular weight is 252 g/mol. The Kier molecular flexibility index (Phi) is 4.79. The van der Waals surface area contributed by atoms with E-state index in [-0.39, 0.29) is 36.0 Å². The molecule has 98 valence electrons. The van der Waals surface area contributed by atoms with Crippen LogP contribution in [0.3, 0.4) is 0 Å². The van der Waals surface area contributed by atoms with E-state index >= 15 is 0 Å². The van der Waals surface area contributed by atoms with Crippen LogP contribution in [-0.2, 0) is 4.79 Å². The number of aliphatic carboxylic acids is 1. The van der Waals surface area contributed by atoms with Gasteiger partial charge in [0.2, 0.25) is 0 Å². The second-order valence-electron chi connectivity index (χ2n) is 4.28. The molecule has 1 heterocycles. The molecule has 0 aliphatic rings. The van der Waals surface area contributed by atoms with Gasteiger partial charge in [0.15, 0.2) is 5.78 Å². The molecule has 1 unspecified atom stereocenters. The highest BCUT2D eigenvalue weighted by Crippen LogP contribution is 2.19. The zero-order valence-corrected chi connectivity index (χ0v) is 10.0. The van der Waals surface area contributed by atoms with Crippen molar-refractivity contribution in [1.82, 2.24) is 4.98 Å². The molecule has 18 heavy (non-hydrogen) atoms. The number of ketones is 1. The third-order valence-corrected chi connectivity index (χ3v) is 2.56. The Balaban J connectivity index is 2.60. The fourth-order valence-corrected chi connectivity index (χ4v) is 1.64. The fraction of sp³-hybridized carbons (Fsp3) is 0.417. The number of carboxylic acid groups (broad SMARTS) is 1. The number of carboxylic acids is 1. The van der Waals surface area contributed by atoms with E-state index in [4.69, 9.17) is 10.8 Å². The molecule has 1 aromatic heterocycles. The number of pyridine rings is 1. The number of Topliss-reactive ketones (excluding diaryl/α,β-unsaturated/α-hetero) is 1. The molecule has 0 amide bonds. The lowest BCUT2D eigenvalue weighted by Crippen LogP contribution is -2.32. The SMILES string of the molecule is CC(CC(=O)c1ncccc1O)C[C@@H](N)C(=O)O. The van der Waals surface area contributed by atoms with Crippen LogP contribution in [-0.4, -0.2) is 33.0 Å². The van der Waals surface area contributed by atoms with E-state index in [1.807, 2.05) is 0 Å². The zero-order valence-electron chi connectivity index (χ0n) is 10.0. The zero-order chi connectivity index (χ0) is 13.7. The second kappa shape index (κ2) is 6.11.